The molecule has 1 fully saturated rings. The first-order valence-corrected chi connectivity index (χ1v) is 10.7. The fraction of sp³-hybridized carbons (Fsp3) is 0.300. The van der Waals surface area contributed by atoms with Gasteiger partial charge in [-0.1, -0.05) is 17.4 Å². The molecular weight excluding hydrogens is 418 g/mol. The molecule has 10 nitrogen and oxygen atoms in total. The van der Waals surface area contributed by atoms with Crippen LogP contribution in [0.2, 0.25) is 0 Å². The lowest BCUT2D eigenvalue weighted by molar-refractivity contribution is -0.143. The number of fused-ring (bicyclic) bond motifs is 2. The highest BCUT2D eigenvalue weighted by Gasteiger charge is 2.29. The molecule has 0 bridgehead atoms. The summed E-state index contributed by atoms with van der Waals surface area (Å²) in [5.41, 5.74) is 13.9. The monoisotopic (exact) mass is 437 g/mol. The van der Waals surface area contributed by atoms with E-state index < -0.39 is 11.9 Å². The number of carbonyl (C=O) groups is 1. The van der Waals surface area contributed by atoms with Gasteiger partial charge in [0.25, 0.3) is 5.56 Å². The molecule has 5 rings (SSSR count). The molecule has 3 aromatic heterocycles. The molecule has 0 saturated heterocycles. The van der Waals surface area contributed by atoms with Crippen LogP contribution in [0.5, 0.6) is 0 Å². The third kappa shape index (κ3) is 3.26. The predicted molar refractivity (Wildman–Crippen MR) is 118 cm³/mol. The van der Waals surface area contributed by atoms with Crippen LogP contribution in [0, 0.1) is 5.92 Å². The van der Waals surface area contributed by atoms with Crippen LogP contribution in [0.25, 0.3) is 32.6 Å². The van der Waals surface area contributed by atoms with Gasteiger partial charge in [0.2, 0.25) is 0 Å². The van der Waals surface area contributed by atoms with Gasteiger partial charge in [0, 0.05) is 11.6 Å². The van der Waals surface area contributed by atoms with Gasteiger partial charge >= 0.3 is 5.97 Å². The molecule has 158 valence electrons. The largest absolute Gasteiger partial charge is 0.481 e. The van der Waals surface area contributed by atoms with E-state index in [0.717, 1.165) is 10.2 Å². The summed E-state index contributed by atoms with van der Waals surface area (Å²) >= 11 is 1.33. The Morgan fingerprint density at radius 2 is 1.90 bits per heavy atom. The molecule has 0 atom stereocenters. The van der Waals surface area contributed by atoms with E-state index in [2.05, 4.69) is 19.9 Å². The van der Waals surface area contributed by atoms with Crippen molar-refractivity contribution in [3.8, 4) is 11.3 Å². The zero-order valence-corrected chi connectivity index (χ0v) is 17.2. The maximum absolute atomic E-state index is 13.6. The molecule has 0 amide bonds. The molecule has 11 heteroatoms. The van der Waals surface area contributed by atoms with Gasteiger partial charge in [-0.15, -0.1) is 0 Å². The summed E-state index contributed by atoms with van der Waals surface area (Å²) in [6, 6.07) is 5.23. The predicted octanol–water partition coefficient (Wildman–Crippen LogP) is 2.44. The minimum atomic E-state index is -0.797. The molecule has 4 aromatic rings. The van der Waals surface area contributed by atoms with E-state index in [9.17, 15) is 14.7 Å². The second-order valence-electron chi connectivity index (χ2n) is 7.64. The van der Waals surface area contributed by atoms with Crippen LogP contribution in [0.4, 0.5) is 10.9 Å². The van der Waals surface area contributed by atoms with E-state index in [1.807, 2.05) is 6.07 Å². The normalized spacial score (nSPS) is 19.1. The van der Waals surface area contributed by atoms with E-state index in [1.54, 1.807) is 16.7 Å². The number of rotatable bonds is 3. The number of nitrogen functional groups attached to an aromatic ring is 2. The number of nitrogens with zero attached hydrogens (tertiary/aromatic N) is 5. The van der Waals surface area contributed by atoms with E-state index in [-0.39, 0.29) is 23.1 Å². The number of hydrogen-bond donors (Lipinski definition) is 3. The van der Waals surface area contributed by atoms with Crippen LogP contribution >= 0.6 is 11.3 Å². The van der Waals surface area contributed by atoms with Crippen molar-refractivity contribution in [2.75, 3.05) is 11.5 Å². The van der Waals surface area contributed by atoms with Gasteiger partial charge in [0.1, 0.15) is 17.5 Å². The molecule has 1 aliphatic carbocycles. The second kappa shape index (κ2) is 7.27. The summed E-state index contributed by atoms with van der Waals surface area (Å²) in [6.07, 6.45) is 3.42. The fourth-order valence-corrected chi connectivity index (χ4v) is 5.01. The van der Waals surface area contributed by atoms with Crippen molar-refractivity contribution in [3.05, 3.63) is 34.9 Å². The number of hydrogen-bond acceptors (Lipinski definition) is 9. The SMILES string of the molecule is Nc1nc2ccc(-c3nc4c(N)ncnc4n(C4CCC(C(=O)O)CC4)c3=O)cc2s1. The summed E-state index contributed by atoms with van der Waals surface area (Å²) in [7, 11) is 0. The third-order valence-electron chi connectivity index (χ3n) is 5.79. The Kier molecular flexibility index (Phi) is 4.54. The highest BCUT2D eigenvalue weighted by Crippen LogP contribution is 2.34. The van der Waals surface area contributed by atoms with Crippen molar-refractivity contribution in [2.24, 2.45) is 5.92 Å². The standard InChI is InChI=1S/C20H19N7O3S/c21-16-15-17(24-8-23-16)27(11-4-1-9(2-5-11)19(29)30)18(28)14(26-15)10-3-6-12-13(7-10)31-20(22)25-12/h3,6-9,11H,1-2,4-5H2,(H2,22,25)(H,29,30)(H2,21,23,24). The Morgan fingerprint density at radius 1 is 1.13 bits per heavy atom. The Labute approximate surface area is 179 Å². The minimum absolute atomic E-state index is 0.183. The summed E-state index contributed by atoms with van der Waals surface area (Å²) in [5, 5.41) is 9.76. The molecule has 0 aliphatic heterocycles. The molecule has 1 aromatic carbocycles. The van der Waals surface area contributed by atoms with Crippen molar-refractivity contribution >= 4 is 49.6 Å². The first-order valence-electron chi connectivity index (χ1n) is 9.84. The number of aromatic nitrogens is 5. The maximum atomic E-state index is 13.6. The Balaban J connectivity index is 1.69. The summed E-state index contributed by atoms with van der Waals surface area (Å²) in [4.78, 5) is 42.0. The Bertz CT molecular complexity index is 1390. The molecule has 3 heterocycles. The maximum Gasteiger partial charge on any atom is 0.306 e. The van der Waals surface area contributed by atoms with Gasteiger partial charge in [-0.3, -0.25) is 14.2 Å². The first-order chi connectivity index (χ1) is 14.9. The third-order valence-corrected chi connectivity index (χ3v) is 6.64. The van der Waals surface area contributed by atoms with E-state index in [1.165, 1.54) is 17.7 Å². The van der Waals surface area contributed by atoms with Crippen LogP contribution in [-0.2, 0) is 4.79 Å². The number of carboxylic acid groups (broad SMARTS) is 1. The lowest BCUT2D eigenvalue weighted by Gasteiger charge is -2.28. The molecule has 0 radical (unpaired) electrons. The second-order valence-corrected chi connectivity index (χ2v) is 8.71. The highest BCUT2D eigenvalue weighted by atomic mass is 32.1. The number of aliphatic carboxylic acids is 1. The molecule has 0 spiro atoms. The topological polar surface area (TPSA) is 163 Å². The van der Waals surface area contributed by atoms with Gasteiger partial charge < -0.3 is 16.6 Å². The van der Waals surface area contributed by atoms with Crippen molar-refractivity contribution in [3.63, 3.8) is 0 Å². The fourth-order valence-electron chi connectivity index (χ4n) is 4.23. The van der Waals surface area contributed by atoms with Crippen LogP contribution < -0.4 is 17.0 Å². The number of nitrogens with two attached hydrogens (primary N) is 2. The molecule has 1 saturated carbocycles. The average Bonchev–Trinajstić information content (AvgIpc) is 3.13. The van der Waals surface area contributed by atoms with Crippen LogP contribution in [0.15, 0.2) is 29.3 Å². The molecular formula is C20H19N7O3S. The van der Waals surface area contributed by atoms with Gasteiger partial charge in [-0.25, -0.2) is 19.9 Å². The lowest BCUT2D eigenvalue weighted by atomic mass is 9.86. The van der Waals surface area contributed by atoms with Gasteiger partial charge in [0.15, 0.2) is 16.6 Å². The van der Waals surface area contributed by atoms with Crippen LogP contribution in [0.1, 0.15) is 31.7 Å². The van der Waals surface area contributed by atoms with Crippen LogP contribution in [-0.4, -0.2) is 35.6 Å². The summed E-state index contributed by atoms with van der Waals surface area (Å²) < 4.78 is 2.46. The molecule has 31 heavy (non-hydrogen) atoms. The quantitative estimate of drug-likeness (QED) is 0.437. The van der Waals surface area contributed by atoms with Crippen molar-refractivity contribution in [2.45, 2.75) is 31.7 Å². The summed E-state index contributed by atoms with van der Waals surface area (Å²) in [6.45, 7) is 0. The number of anilines is 2. The van der Waals surface area contributed by atoms with E-state index in [0.29, 0.717) is 47.5 Å². The summed E-state index contributed by atoms with van der Waals surface area (Å²) in [5.74, 6) is -1.00. The first kappa shape index (κ1) is 19.4. The minimum Gasteiger partial charge on any atom is -0.481 e. The molecule has 0 unspecified atom stereocenters. The van der Waals surface area contributed by atoms with E-state index >= 15 is 0 Å². The zero-order chi connectivity index (χ0) is 21.7. The van der Waals surface area contributed by atoms with Gasteiger partial charge in [-0.05, 0) is 37.8 Å². The number of carboxylic acids is 1. The van der Waals surface area contributed by atoms with Crippen LogP contribution in [0.3, 0.4) is 0 Å². The average molecular weight is 437 g/mol. The molecule has 1 aliphatic rings. The molecule has 5 N–H and O–H groups in total. The Morgan fingerprint density at radius 3 is 2.65 bits per heavy atom. The number of thiazole rings is 1. The van der Waals surface area contributed by atoms with E-state index in [4.69, 9.17) is 11.5 Å². The van der Waals surface area contributed by atoms with Crippen molar-refractivity contribution in [1.29, 1.82) is 0 Å². The highest BCUT2D eigenvalue weighted by molar-refractivity contribution is 7.22. The smallest absolute Gasteiger partial charge is 0.306 e. The van der Waals surface area contributed by atoms with Crippen molar-refractivity contribution in [1.82, 2.24) is 24.5 Å². The lowest BCUT2D eigenvalue weighted by Crippen LogP contribution is -2.32. The Hall–Kier alpha value is -3.60. The van der Waals surface area contributed by atoms with Crippen molar-refractivity contribution < 1.29 is 9.90 Å². The zero-order valence-electron chi connectivity index (χ0n) is 16.4. The number of benzene rings is 1. The van der Waals surface area contributed by atoms with Gasteiger partial charge in [0.05, 0.1) is 16.1 Å². The van der Waals surface area contributed by atoms with Gasteiger partial charge in [-0.2, -0.15) is 0 Å².